The van der Waals surface area contributed by atoms with E-state index in [9.17, 15) is 0 Å². The highest BCUT2D eigenvalue weighted by atomic mass is 14.9. The van der Waals surface area contributed by atoms with Crippen molar-refractivity contribution in [1.29, 1.82) is 0 Å². The molecule has 1 aromatic heterocycles. The van der Waals surface area contributed by atoms with Crippen LogP contribution in [0.25, 0.3) is 111 Å². The van der Waals surface area contributed by atoms with Crippen LogP contribution in [0.2, 0.25) is 0 Å². The summed E-state index contributed by atoms with van der Waals surface area (Å²) in [7, 11) is 0. The minimum Gasteiger partial charge on any atom is -0.237 e. The maximum Gasteiger partial charge on any atom is 0.160 e. The third-order valence-corrected chi connectivity index (χ3v) is 10.8. The van der Waals surface area contributed by atoms with Crippen molar-refractivity contribution in [3.63, 3.8) is 0 Å². The number of fused-ring (bicyclic) bond motifs is 6. The van der Waals surface area contributed by atoms with Crippen molar-refractivity contribution in [2.24, 2.45) is 0 Å². The molecule has 10 rings (SSSR count). The summed E-state index contributed by atoms with van der Waals surface area (Å²) in [5.74, 6) is 0.724. The molecule has 0 amide bonds. The van der Waals surface area contributed by atoms with Gasteiger partial charge in [0.25, 0.3) is 0 Å². The Kier molecular flexibility index (Phi) is 7.49. The number of hydrogen-bond acceptors (Lipinski definition) is 2. The average molecular weight is 687 g/mol. The van der Waals surface area contributed by atoms with Crippen molar-refractivity contribution in [3.05, 3.63) is 193 Å². The maximum absolute atomic E-state index is 4.76. The van der Waals surface area contributed by atoms with Crippen molar-refractivity contribution < 1.29 is 0 Å². The highest BCUT2D eigenvalue weighted by molar-refractivity contribution is 6.21. The number of aromatic nitrogens is 2. The summed E-state index contributed by atoms with van der Waals surface area (Å²) in [5.41, 5.74) is 8.06. The molecule has 0 saturated heterocycles. The molecule has 0 aliphatic heterocycles. The lowest BCUT2D eigenvalue weighted by Crippen LogP contribution is -2.26. The van der Waals surface area contributed by atoms with Crippen LogP contribution in [0, 0.1) is 0 Å². The van der Waals surface area contributed by atoms with Crippen LogP contribution in [0.4, 0.5) is 0 Å². The molecule has 54 heavy (non-hydrogen) atoms. The summed E-state index contributed by atoms with van der Waals surface area (Å²) in [6.45, 7) is 8.62. The van der Waals surface area contributed by atoms with E-state index in [1.807, 2.05) is 24.5 Å². The smallest absolute Gasteiger partial charge is 0.160 e. The number of allylic oxidation sites excluding steroid dienone is 1. The Balaban J connectivity index is 1.19. The first-order valence-corrected chi connectivity index (χ1v) is 18.3. The van der Waals surface area contributed by atoms with E-state index >= 15 is 0 Å². The summed E-state index contributed by atoms with van der Waals surface area (Å²) in [5, 5.41) is 13.9. The van der Waals surface area contributed by atoms with Gasteiger partial charge < -0.3 is 0 Å². The number of hydrogen-bond donors (Lipinski definition) is 0. The maximum atomic E-state index is 4.76. The molecule has 0 unspecified atom stereocenters. The van der Waals surface area contributed by atoms with Gasteiger partial charge in [-0.05, 0) is 128 Å². The highest BCUT2D eigenvalue weighted by Crippen LogP contribution is 2.44. The molecule has 0 fully saturated rings. The Bertz CT molecular complexity index is 3240. The fourth-order valence-corrected chi connectivity index (χ4v) is 8.33. The number of benzene rings is 9. The molecule has 0 atom stereocenters. The van der Waals surface area contributed by atoms with E-state index in [0.29, 0.717) is 0 Å². The van der Waals surface area contributed by atoms with Gasteiger partial charge in [0.2, 0.25) is 0 Å². The highest BCUT2D eigenvalue weighted by Gasteiger charge is 2.19. The van der Waals surface area contributed by atoms with Crippen LogP contribution in [0.1, 0.15) is 0 Å². The monoisotopic (exact) mass is 686 g/mol. The minimum absolute atomic E-state index is 0.724. The van der Waals surface area contributed by atoms with Crippen molar-refractivity contribution in [1.82, 2.24) is 9.97 Å². The van der Waals surface area contributed by atoms with Crippen molar-refractivity contribution in [2.45, 2.75) is 0 Å². The van der Waals surface area contributed by atoms with E-state index in [1.54, 1.807) is 0 Å². The Morgan fingerprint density at radius 1 is 0.407 bits per heavy atom. The van der Waals surface area contributed by atoms with Gasteiger partial charge in [-0.2, -0.15) is 0 Å². The third-order valence-electron chi connectivity index (χ3n) is 10.8. The molecule has 0 aliphatic rings. The molecule has 2 nitrogen and oxygen atoms in total. The van der Waals surface area contributed by atoms with Crippen LogP contribution in [-0.2, 0) is 0 Å². The van der Waals surface area contributed by atoms with E-state index in [4.69, 9.17) is 9.97 Å². The van der Waals surface area contributed by atoms with Gasteiger partial charge >= 0.3 is 0 Å². The molecule has 0 saturated carbocycles. The molecule has 0 aliphatic carbocycles. The van der Waals surface area contributed by atoms with Gasteiger partial charge in [0, 0.05) is 18.0 Å². The van der Waals surface area contributed by atoms with E-state index in [2.05, 4.69) is 171 Å². The van der Waals surface area contributed by atoms with E-state index in [1.165, 1.54) is 54.4 Å². The zero-order chi connectivity index (χ0) is 36.2. The van der Waals surface area contributed by atoms with Crippen LogP contribution in [0.15, 0.2) is 183 Å². The Labute approximate surface area is 313 Å². The van der Waals surface area contributed by atoms with Crippen molar-refractivity contribution in [3.8, 4) is 44.8 Å². The molecule has 10 aromatic rings. The molecule has 252 valence electrons. The predicted octanol–water partition coefficient (Wildman–Crippen LogP) is 12.3. The van der Waals surface area contributed by atoms with Crippen LogP contribution in [-0.4, -0.2) is 9.97 Å². The lowest BCUT2D eigenvalue weighted by molar-refractivity contribution is 1.18. The molecule has 2 heteroatoms. The minimum atomic E-state index is 0.724. The van der Waals surface area contributed by atoms with Crippen LogP contribution in [0.3, 0.4) is 0 Å². The van der Waals surface area contributed by atoms with Gasteiger partial charge in [0.05, 0.1) is 0 Å². The molecule has 9 aromatic carbocycles. The van der Waals surface area contributed by atoms with Crippen LogP contribution >= 0.6 is 0 Å². The number of rotatable bonds is 5. The summed E-state index contributed by atoms with van der Waals surface area (Å²) in [4.78, 5) is 9.52. The standard InChI is InChI=1S/C52H34N2/c1-3-12-41-33(2)42-25-23-35-15-7-8-16-43(35)48(42)32-47(41)39-21-19-37-30-40(22-20-36(37)29-39)50-44-17-9-10-18-45(44)51(52-53-27-11-28-54-52)49-31-38(24-26-46(49)50)34-13-5-4-6-14-34/h3-32H,1-2H2/b41-12+. The van der Waals surface area contributed by atoms with E-state index in [0.717, 1.165) is 54.7 Å². The van der Waals surface area contributed by atoms with E-state index in [-0.39, 0.29) is 0 Å². The normalized spacial score (nSPS) is 12.0. The van der Waals surface area contributed by atoms with Gasteiger partial charge in [0.15, 0.2) is 5.82 Å². The summed E-state index contributed by atoms with van der Waals surface area (Å²) in [6, 6.07) is 56.9. The summed E-state index contributed by atoms with van der Waals surface area (Å²) >= 11 is 0. The summed E-state index contributed by atoms with van der Waals surface area (Å²) < 4.78 is 0. The SMILES string of the molecule is C=C/C=c1/c(-c2ccc3cc(-c4c5ccccc5c(-c5ncccn5)c5cc(-c6ccccc6)ccc45)ccc3c2)cc2c(ccc3ccccc32)c1=C. The molecular weight excluding hydrogens is 653 g/mol. The third kappa shape index (κ3) is 5.11. The molecule has 1 heterocycles. The Morgan fingerprint density at radius 2 is 1.02 bits per heavy atom. The molecule has 0 spiro atoms. The first-order valence-electron chi connectivity index (χ1n) is 18.3. The second-order valence-corrected chi connectivity index (χ2v) is 13.9. The van der Waals surface area contributed by atoms with Crippen LogP contribution < -0.4 is 10.4 Å². The molecule has 0 N–H and O–H groups in total. The van der Waals surface area contributed by atoms with Gasteiger partial charge in [0.1, 0.15) is 0 Å². The second-order valence-electron chi connectivity index (χ2n) is 13.9. The van der Waals surface area contributed by atoms with Crippen molar-refractivity contribution in [2.75, 3.05) is 0 Å². The first kappa shape index (κ1) is 31.6. The second kappa shape index (κ2) is 12.8. The van der Waals surface area contributed by atoms with Gasteiger partial charge in [-0.15, -0.1) is 0 Å². The van der Waals surface area contributed by atoms with Crippen molar-refractivity contribution >= 4 is 66.5 Å². The van der Waals surface area contributed by atoms with Gasteiger partial charge in [-0.3, -0.25) is 0 Å². The molecule has 0 radical (unpaired) electrons. The topological polar surface area (TPSA) is 25.8 Å². The Hall–Kier alpha value is -7.16. The fourth-order valence-electron chi connectivity index (χ4n) is 8.33. The van der Waals surface area contributed by atoms with Gasteiger partial charge in [-0.25, -0.2) is 9.97 Å². The largest absolute Gasteiger partial charge is 0.237 e. The fraction of sp³-hybridized carbons (Fsp3) is 0. The first-order chi connectivity index (χ1) is 26.7. The number of nitrogens with zero attached hydrogens (tertiary/aromatic N) is 2. The molecular formula is C52H34N2. The molecule has 0 bridgehead atoms. The average Bonchev–Trinajstić information content (AvgIpc) is 3.23. The van der Waals surface area contributed by atoms with Gasteiger partial charge in [-0.1, -0.05) is 153 Å². The quantitative estimate of drug-likeness (QED) is 0.133. The zero-order valence-corrected chi connectivity index (χ0v) is 29.6. The lowest BCUT2D eigenvalue weighted by atomic mass is 9.86. The summed E-state index contributed by atoms with van der Waals surface area (Å²) in [6.07, 6.45) is 7.60. The predicted molar refractivity (Wildman–Crippen MR) is 231 cm³/mol. The zero-order valence-electron chi connectivity index (χ0n) is 29.6. The lowest BCUT2D eigenvalue weighted by Gasteiger charge is -2.18. The van der Waals surface area contributed by atoms with E-state index < -0.39 is 0 Å². The van der Waals surface area contributed by atoms with Crippen LogP contribution in [0.5, 0.6) is 0 Å². The Morgan fingerprint density at radius 3 is 1.80 bits per heavy atom.